The van der Waals surface area contributed by atoms with Gasteiger partial charge in [-0.2, -0.15) is 0 Å². The van der Waals surface area contributed by atoms with Crippen LogP contribution in [0.25, 0.3) is 0 Å². The zero-order chi connectivity index (χ0) is 21.1. The first-order chi connectivity index (χ1) is 13.7. The predicted octanol–water partition coefficient (Wildman–Crippen LogP) is 3.61. The van der Waals surface area contributed by atoms with Crippen LogP contribution in [0.15, 0.2) is 42.5 Å². The number of anilines is 1. The van der Waals surface area contributed by atoms with Gasteiger partial charge in [0.1, 0.15) is 5.75 Å². The third-order valence-electron chi connectivity index (χ3n) is 4.57. The number of non-ortho nitro benzene ring substituents is 1. The Morgan fingerprint density at radius 1 is 1.28 bits per heavy atom. The number of nitrogens with one attached hydrogen (secondary N) is 1. The number of carbonyl (C=O) groups excluding carboxylic acids is 2. The Bertz CT molecular complexity index is 940. The number of ether oxygens (including phenoxy) is 1. The van der Waals surface area contributed by atoms with Crippen molar-refractivity contribution in [1.29, 1.82) is 0 Å². The number of fused-ring (bicyclic) bond motifs is 1. The molecule has 29 heavy (non-hydrogen) atoms. The number of benzene rings is 2. The van der Waals surface area contributed by atoms with Gasteiger partial charge in [0, 0.05) is 42.0 Å². The lowest BCUT2D eigenvalue weighted by Gasteiger charge is -2.24. The summed E-state index contributed by atoms with van der Waals surface area (Å²) >= 11 is 0. The lowest BCUT2D eigenvalue weighted by atomic mass is 10.1. The van der Waals surface area contributed by atoms with E-state index in [4.69, 9.17) is 4.74 Å². The third-order valence-corrected chi connectivity index (χ3v) is 4.57. The summed E-state index contributed by atoms with van der Waals surface area (Å²) in [4.78, 5) is 37.0. The van der Waals surface area contributed by atoms with Gasteiger partial charge in [-0.3, -0.25) is 19.7 Å². The molecule has 1 aliphatic heterocycles. The summed E-state index contributed by atoms with van der Waals surface area (Å²) in [5.41, 5.74) is 1.60. The third kappa shape index (κ3) is 4.71. The van der Waals surface area contributed by atoms with Gasteiger partial charge in [-0.1, -0.05) is 13.8 Å². The standard InChI is InChI=1S/C21H23N3O5/c1-13(2)11-23-12-16-10-17(6-9-19(16)29-14(3)21(23)26)22-20(25)15-4-7-18(8-5-15)24(27)28/h4-10,13-14H,11-12H2,1-3H3,(H,22,25). The largest absolute Gasteiger partial charge is 0.481 e. The number of carbonyl (C=O) groups is 2. The number of rotatable bonds is 5. The van der Waals surface area contributed by atoms with Crippen molar-refractivity contribution in [2.45, 2.75) is 33.4 Å². The maximum absolute atomic E-state index is 12.6. The van der Waals surface area contributed by atoms with Crippen LogP contribution < -0.4 is 10.1 Å². The van der Waals surface area contributed by atoms with Crippen LogP contribution in [0.5, 0.6) is 5.75 Å². The fraction of sp³-hybridized carbons (Fsp3) is 0.333. The van der Waals surface area contributed by atoms with Gasteiger partial charge in [0.25, 0.3) is 17.5 Å². The van der Waals surface area contributed by atoms with Crippen molar-refractivity contribution in [2.75, 3.05) is 11.9 Å². The fourth-order valence-electron chi connectivity index (χ4n) is 3.21. The first-order valence-corrected chi connectivity index (χ1v) is 9.38. The normalized spacial score (nSPS) is 16.1. The van der Waals surface area contributed by atoms with E-state index < -0.39 is 11.0 Å². The minimum absolute atomic E-state index is 0.0636. The summed E-state index contributed by atoms with van der Waals surface area (Å²) in [6, 6.07) is 10.6. The van der Waals surface area contributed by atoms with Gasteiger partial charge in [-0.15, -0.1) is 0 Å². The molecule has 2 aromatic carbocycles. The van der Waals surface area contributed by atoms with Crippen LogP contribution in [0.4, 0.5) is 11.4 Å². The molecule has 0 saturated heterocycles. The van der Waals surface area contributed by atoms with Crippen molar-refractivity contribution in [2.24, 2.45) is 5.92 Å². The molecule has 8 nitrogen and oxygen atoms in total. The second-order valence-electron chi connectivity index (χ2n) is 7.45. The molecule has 1 aliphatic rings. The van der Waals surface area contributed by atoms with E-state index in [0.717, 1.165) is 5.56 Å². The second kappa shape index (κ2) is 8.30. The van der Waals surface area contributed by atoms with Crippen LogP contribution in [0.1, 0.15) is 36.7 Å². The molecule has 0 bridgehead atoms. The van der Waals surface area contributed by atoms with Crippen molar-refractivity contribution in [3.05, 3.63) is 63.7 Å². The summed E-state index contributed by atoms with van der Waals surface area (Å²) in [6.45, 7) is 6.84. The summed E-state index contributed by atoms with van der Waals surface area (Å²) in [6.07, 6.45) is -0.574. The molecular weight excluding hydrogens is 374 g/mol. The van der Waals surface area contributed by atoms with Crippen molar-refractivity contribution in [3.8, 4) is 5.75 Å². The SMILES string of the molecule is CC(C)CN1Cc2cc(NC(=O)c3ccc([N+](=O)[O-])cc3)ccc2OC(C)C1=O. The van der Waals surface area contributed by atoms with Gasteiger partial charge < -0.3 is 15.0 Å². The molecule has 8 heteroatoms. The Balaban J connectivity index is 1.80. The highest BCUT2D eigenvalue weighted by molar-refractivity contribution is 6.04. The molecule has 0 saturated carbocycles. The second-order valence-corrected chi connectivity index (χ2v) is 7.45. The Labute approximate surface area is 168 Å². The van der Waals surface area contributed by atoms with E-state index in [0.29, 0.717) is 36.0 Å². The van der Waals surface area contributed by atoms with E-state index in [-0.39, 0.29) is 17.5 Å². The fourth-order valence-corrected chi connectivity index (χ4v) is 3.21. The Morgan fingerprint density at radius 3 is 2.59 bits per heavy atom. The molecule has 152 valence electrons. The lowest BCUT2D eigenvalue weighted by Crippen LogP contribution is -2.39. The van der Waals surface area contributed by atoms with Gasteiger partial charge in [0.15, 0.2) is 6.10 Å². The lowest BCUT2D eigenvalue weighted by molar-refractivity contribution is -0.384. The molecule has 1 heterocycles. The van der Waals surface area contributed by atoms with Gasteiger partial charge in [-0.05, 0) is 43.2 Å². The zero-order valence-corrected chi connectivity index (χ0v) is 16.5. The smallest absolute Gasteiger partial charge is 0.269 e. The molecule has 1 unspecified atom stereocenters. The molecular formula is C21H23N3O5. The van der Waals surface area contributed by atoms with Gasteiger partial charge in [0.2, 0.25) is 0 Å². The molecule has 1 atom stereocenters. The van der Waals surface area contributed by atoms with Gasteiger partial charge in [-0.25, -0.2) is 0 Å². The molecule has 0 spiro atoms. The van der Waals surface area contributed by atoms with E-state index in [1.165, 1.54) is 24.3 Å². The average molecular weight is 397 g/mol. The van der Waals surface area contributed by atoms with Crippen LogP contribution in [0.3, 0.4) is 0 Å². The monoisotopic (exact) mass is 397 g/mol. The molecule has 3 rings (SSSR count). The molecule has 2 amide bonds. The van der Waals surface area contributed by atoms with Crippen LogP contribution >= 0.6 is 0 Å². The Hall–Kier alpha value is -3.42. The number of hydrogen-bond donors (Lipinski definition) is 1. The Morgan fingerprint density at radius 2 is 1.97 bits per heavy atom. The van der Waals surface area contributed by atoms with Crippen LogP contribution in [-0.4, -0.2) is 34.3 Å². The first kappa shape index (κ1) is 20.3. The number of hydrogen-bond acceptors (Lipinski definition) is 5. The van der Waals surface area contributed by atoms with Crippen molar-refractivity contribution in [3.63, 3.8) is 0 Å². The quantitative estimate of drug-likeness (QED) is 0.613. The Kier molecular flexibility index (Phi) is 5.81. The number of nitro groups is 1. The average Bonchev–Trinajstić information content (AvgIpc) is 2.78. The highest BCUT2D eigenvalue weighted by atomic mass is 16.6. The van der Waals surface area contributed by atoms with Crippen LogP contribution in [0, 0.1) is 16.0 Å². The predicted molar refractivity (Wildman–Crippen MR) is 108 cm³/mol. The minimum Gasteiger partial charge on any atom is -0.481 e. The van der Waals surface area contributed by atoms with E-state index in [9.17, 15) is 19.7 Å². The van der Waals surface area contributed by atoms with E-state index in [1.807, 2.05) is 13.8 Å². The van der Waals surface area contributed by atoms with E-state index in [1.54, 1.807) is 30.0 Å². The van der Waals surface area contributed by atoms with Crippen molar-refractivity contribution < 1.29 is 19.2 Å². The van der Waals surface area contributed by atoms with Crippen molar-refractivity contribution >= 4 is 23.2 Å². The van der Waals surface area contributed by atoms with Gasteiger partial charge >= 0.3 is 0 Å². The van der Waals surface area contributed by atoms with Crippen LogP contribution in [0.2, 0.25) is 0 Å². The molecule has 0 aromatic heterocycles. The number of amides is 2. The highest BCUT2D eigenvalue weighted by Gasteiger charge is 2.28. The molecule has 0 aliphatic carbocycles. The minimum atomic E-state index is -0.574. The first-order valence-electron chi connectivity index (χ1n) is 9.38. The summed E-state index contributed by atoms with van der Waals surface area (Å²) in [5.74, 6) is 0.493. The zero-order valence-electron chi connectivity index (χ0n) is 16.5. The van der Waals surface area contributed by atoms with E-state index >= 15 is 0 Å². The summed E-state index contributed by atoms with van der Waals surface area (Å²) in [7, 11) is 0. The summed E-state index contributed by atoms with van der Waals surface area (Å²) in [5, 5.41) is 13.5. The highest BCUT2D eigenvalue weighted by Crippen LogP contribution is 2.29. The molecule has 0 radical (unpaired) electrons. The molecule has 1 N–H and O–H groups in total. The maximum atomic E-state index is 12.6. The number of nitro benzene ring substituents is 1. The topological polar surface area (TPSA) is 102 Å². The maximum Gasteiger partial charge on any atom is 0.269 e. The molecule has 0 fully saturated rings. The molecule has 2 aromatic rings. The van der Waals surface area contributed by atoms with Crippen molar-refractivity contribution in [1.82, 2.24) is 4.90 Å². The number of nitrogens with zero attached hydrogens (tertiary/aromatic N) is 2. The van der Waals surface area contributed by atoms with E-state index in [2.05, 4.69) is 5.32 Å². The van der Waals surface area contributed by atoms with Gasteiger partial charge in [0.05, 0.1) is 4.92 Å². The van der Waals surface area contributed by atoms with Crippen LogP contribution in [-0.2, 0) is 11.3 Å². The summed E-state index contributed by atoms with van der Waals surface area (Å²) < 4.78 is 5.79.